The third kappa shape index (κ3) is 5.93. The van der Waals surface area contributed by atoms with Crippen molar-refractivity contribution >= 4 is 34.0 Å². The van der Waals surface area contributed by atoms with Crippen molar-refractivity contribution in [1.82, 2.24) is 4.98 Å². The van der Waals surface area contributed by atoms with Gasteiger partial charge in [0.2, 0.25) is 0 Å². The van der Waals surface area contributed by atoms with Crippen LogP contribution in [0.1, 0.15) is 54.2 Å². The number of carbonyl (C=O) groups is 2. The minimum Gasteiger partial charge on any atom is -0.330 e. The van der Waals surface area contributed by atoms with Crippen molar-refractivity contribution in [2.24, 2.45) is 5.73 Å². The Labute approximate surface area is 158 Å². The Bertz CT molecular complexity index is 758. The molecule has 1 aromatic heterocycles. The quantitative estimate of drug-likeness (QED) is 0.449. The minimum absolute atomic E-state index is 0.0527. The van der Waals surface area contributed by atoms with E-state index in [0.717, 1.165) is 30.5 Å². The monoisotopic (exact) mass is 374 g/mol. The SMILES string of the molecule is CCCCCC(=O)c1cc(C)ccc1NC(=O)Nc1nc(CCN)cs1. The highest BCUT2D eigenvalue weighted by molar-refractivity contribution is 7.13. The van der Waals surface area contributed by atoms with E-state index < -0.39 is 6.03 Å². The number of benzene rings is 1. The molecule has 2 rings (SSSR count). The predicted molar refractivity (Wildman–Crippen MR) is 107 cm³/mol. The van der Waals surface area contributed by atoms with Crippen LogP contribution in [0.4, 0.5) is 15.6 Å². The van der Waals surface area contributed by atoms with E-state index in [4.69, 9.17) is 5.73 Å². The molecule has 0 aliphatic carbocycles. The predicted octanol–water partition coefficient (Wildman–Crippen LogP) is 4.36. The van der Waals surface area contributed by atoms with Gasteiger partial charge in [-0.1, -0.05) is 31.4 Å². The second-order valence-corrected chi connectivity index (χ2v) is 7.05. The fourth-order valence-corrected chi connectivity index (χ4v) is 3.29. The number of rotatable bonds is 9. The van der Waals surface area contributed by atoms with Gasteiger partial charge in [-0.05, 0) is 32.0 Å². The van der Waals surface area contributed by atoms with Gasteiger partial charge >= 0.3 is 6.03 Å². The molecular formula is C19H26N4O2S. The van der Waals surface area contributed by atoms with Crippen LogP contribution < -0.4 is 16.4 Å². The molecule has 1 aromatic carbocycles. The molecule has 4 N–H and O–H groups in total. The first-order valence-corrected chi connectivity index (χ1v) is 9.77. The zero-order chi connectivity index (χ0) is 18.9. The second-order valence-electron chi connectivity index (χ2n) is 6.19. The topological polar surface area (TPSA) is 97.1 Å². The molecule has 0 fully saturated rings. The molecule has 0 radical (unpaired) electrons. The lowest BCUT2D eigenvalue weighted by Crippen LogP contribution is -2.21. The first-order chi connectivity index (χ1) is 12.5. The van der Waals surface area contributed by atoms with Gasteiger partial charge in [0.25, 0.3) is 0 Å². The Kier molecular flexibility index (Phi) is 7.74. The smallest absolute Gasteiger partial charge is 0.325 e. The van der Waals surface area contributed by atoms with E-state index in [0.29, 0.717) is 35.8 Å². The van der Waals surface area contributed by atoms with E-state index in [1.165, 1.54) is 11.3 Å². The number of nitrogens with two attached hydrogens (primary N) is 1. The van der Waals surface area contributed by atoms with E-state index in [2.05, 4.69) is 22.5 Å². The third-order valence-corrected chi connectivity index (χ3v) is 4.71. The van der Waals surface area contributed by atoms with Crippen molar-refractivity contribution in [2.75, 3.05) is 17.2 Å². The number of urea groups is 1. The molecule has 0 aliphatic heterocycles. The van der Waals surface area contributed by atoms with E-state index in [-0.39, 0.29) is 5.78 Å². The number of carbonyl (C=O) groups excluding carboxylic acids is 2. The third-order valence-electron chi connectivity index (χ3n) is 3.90. The second kappa shape index (κ2) is 10.0. The summed E-state index contributed by atoms with van der Waals surface area (Å²) in [6.45, 7) is 4.55. The number of ketones is 1. The van der Waals surface area contributed by atoms with Crippen molar-refractivity contribution in [3.63, 3.8) is 0 Å². The van der Waals surface area contributed by atoms with Gasteiger partial charge in [-0.3, -0.25) is 10.1 Å². The summed E-state index contributed by atoms with van der Waals surface area (Å²) in [5, 5.41) is 7.86. The Morgan fingerprint density at radius 3 is 2.77 bits per heavy atom. The van der Waals surface area contributed by atoms with E-state index in [1.54, 1.807) is 6.07 Å². The molecule has 0 saturated heterocycles. The fourth-order valence-electron chi connectivity index (χ4n) is 2.55. The number of nitrogens with one attached hydrogen (secondary N) is 2. The van der Waals surface area contributed by atoms with Gasteiger partial charge in [-0.25, -0.2) is 9.78 Å². The van der Waals surface area contributed by atoms with Gasteiger partial charge in [-0.2, -0.15) is 0 Å². The number of hydrogen-bond donors (Lipinski definition) is 3. The molecule has 26 heavy (non-hydrogen) atoms. The first-order valence-electron chi connectivity index (χ1n) is 8.89. The number of thiazole rings is 1. The lowest BCUT2D eigenvalue weighted by Gasteiger charge is -2.11. The number of Topliss-reactive ketones (excluding diaryl/α,β-unsaturated/α-hetero) is 1. The van der Waals surface area contributed by atoms with Crippen LogP contribution >= 0.6 is 11.3 Å². The number of nitrogens with zero attached hydrogens (tertiary/aromatic N) is 1. The summed E-state index contributed by atoms with van der Waals surface area (Å²) < 4.78 is 0. The fraction of sp³-hybridized carbons (Fsp3) is 0.421. The maximum absolute atomic E-state index is 12.5. The van der Waals surface area contributed by atoms with Crippen molar-refractivity contribution in [1.29, 1.82) is 0 Å². The Morgan fingerprint density at radius 2 is 2.04 bits per heavy atom. The van der Waals surface area contributed by atoms with Crippen LogP contribution in [0.2, 0.25) is 0 Å². The highest BCUT2D eigenvalue weighted by atomic mass is 32.1. The highest BCUT2D eigenvalue weighted by Crippen LogP contribution is 2.21. The van der Waals surface area contributed by atoms with Crippen molar-refractivity contribution < 1.29 is 9.59 Å². The Morgan fingerprint density at radius 1 is 1.23 bits per heavy atom. The largest absolute Gasteiger partial charge is 0.330 e. The van der Waals surface area contributed by atoms with Crippen molar-refractivity contribution in [3.8, 4) is 0 Å². The number of hydrogen-bond acceptors (Lipinski definition) is 5. The first kappa shape index (κ1) is 20.1. The zero-order valence-electron chi connectivity index (χ0n) is 15.3. The summed E-state index contributed by atoms with van der Waals surface area (Å²) in [7, 11) is 0. The summed E-state index contributed by atoms with van der Waals surface area (Å²) in [5.41, 5.74) is 8.43. The highest BCUT2D eigenvalue weighted by Gasteiger charge is 2.14. The number of unbranched alkanes of at least 4 members (excludes halogenated alkanes) is 2. The van der Waals surface area contributed by atoms with Gasteiger partial charge < -0.3 is 11.1 Å². The van der Waals surface area contributed by atoms with Crippen LogP contribution in [-0.2, 0) is 6.42 Å². The number of amides is 2. The molecule has 7 heteroatoms. The van der Waals surface area contributed by atoms with Crippen LogP contribution in [0.3, 0.4) is 0 Å². The lowest BCUT2D eigenvalue weighted by molar-refractivity contribution is 0.0980. The standard InChI is InChI=1S/C19H26N4O2S/c1-3-4-5-6-17(24)15-11-13(2)7-8-16(15)22-18(25)23-19-21-14(9-10-20)12-26-19/h7-8,11-12H,3-6,9-10,20H2,1-2H3,(H2,21,22,23,25). The van der Waals surface area contributed by atoms with Crippen LogP contribution in [0.25, 0.3) is 0 Å². The molecule has 0 aliphatic rings. The van der Waals surface area contributed by atoms with Gasteiger partial charge in [-0.15, -0.1) is 11.3 Å². The number of aryl methyl sites for hydroxylation is 1. The van der Waals surface area contributed by atoms with Crippen molar-refractivity contribution in [3.05, 3.63) is 40.4 Å². The summed E-state index contributed by atoms with van der Waals surface area (Å²) in [5.74, 6) is 0.0527. The molecule has 0 saturated carbocycles. The number of anilines is 2. The van der Waals surface area contributed by atoms with Gasteiger partial charge in [0.1, 0.15) is 0 Å². The maximum atomic E-state index is 12.5. The number of aromatic nitrogens is 1. The summed E-state index contributed by atoms with van der Waals surface area (Å²) in [4.78, 5) is 29.1. The Balaban J connectivity index is 2.05. The molecule has 1 heterocycles. The molecule has 0 atom stereocenters. The van der Waals surface area contributed by atoms with Crippen LogP contribution in [-0.4, -0.2) is 23.3 Å². The maximum Gasteiger partial charge on any atom is 0.325 e. The molecule has 0 bridgehead atoms. The summed E-state index contributed by atoms with van der Waals surface area (Å²) in [6.07, 6.45) is 4.11. The molecule has 2 aromatic rings. The van der Waals surface area contributed by atoms with Crippen molar-refractivity contribution in [2.45, 2.75) is 46.0 Å². The zero-order valence-corrected chi connectivity index (χ0v) is 16.1. The molecule has 6 nitrogen and oxygen atoms in total. The normalized spacial score (nSPS) is 10.6. The van der Waals surface area contributed by atoms with Gasteiger partial charge in [0.15, 0.2) is 10.9 Å². The molecule has 0 spiro atoms. The summed E-state index contributed by atoms with van der Waals surface area (Å²) in [6, 6.07) is 5.06. The minimum atomic E-state index is -0.412. The van der Waals surface area contributed by atoms with Gasteiger partial charge in [0.05, 0.1) is 11.4 Å². The Hall–Kier alpha value is -2.25. The summed E-state index contributed by atoms with van der Waals surface area (Å²) >= 11 is 1.35. The molecular weight excluding hydrogens is 348 g/mol. The average molecular weight is 375 g/mol. The molecule has 140 valence electrons. The average Bonchev–Trinajstić information content (AvgIpc) is 3.04. The van der Waals surface area contributed by atoms with Gasteiger partial charge in [0, 0.05) is 23.8 Å². The molecule has 0 unspecified atom stereocenters. The van der Waals surface area contributed by atoms with Crippen LogP contribution in [0, 0.1) is 6.92 Å². The molecule has 2 amide bonds. The van der Waals surface area contributed by atoms with Crippen LogP contribution in [0.5, 0.6) is 0 Å². The van der Waals surface area contributed by atoms with E-state index in [1.807, 2.05) is 24.4 Å². The van der Waals surface area contributed by atoms with E-state index in [9.17, 15) is 9.59 Å². The van der Waals surface area contributed by atoms with E-state index >= 15 is 0 Å². The lowest BCUT2D eigenvalue weighted by atomic mass is 10.0. The van der Waals surface area contributed by atoms with Crippen LogP contribution in [0.15, 0.2) is 23.6 Å².